The molecule has 0 aliphatic heterocycles. The Balaban J connectivity index is 2.34. The van der Waals surface area contributed by atoms with Gasteiger partial charge in [-0.2, -0.15) is 18.6 Å². The van der Waals surface area contributed by atoms with Gasteiger partial charge < -0.3 is 15.8 Å². The number of nitrogen functional groups attached to an aromatic ring is 1. The fourth-order valence-electron chi connectivity index (χ4n) is 2.48. The number of nitrogens with two attached hydrogens (primary N) is 1. The molecule has 3 N–H and O–H groups in total. The van der Waals surface area contributed by atoms with E-state index in [1.165, 1.54) is 6.20 Å². The number of hydrogen-bond donors (Lipinski definition) is 2. The van der Waals surface area contributed by atoms with Gasteiger partial charge in [-0.1, -0.05) is 6.08 Å². The number of rotatable bonds is 6. The summed E-state index contributed by atoms with van der Waals surface area (Å²) in [5.41, 5.74) is 6.10. The van der Waals surface area contributed by atoms with E-state index in [1.54, 1.807) is 39.0 Å². The smallest absolute Gasteiger partial charge is 0.408 e. The van der Waals surface area contributed by atoms with Crippen molar-refractivity contribution in [2.75, 3.05) is 5.73 Å². The largest absolute Gasteiger partial charge is 0.444 e. The van der Waals surface area contributed by atoms with E-state index in [1.807, 2.05) is 0 Å². The van der Waals surface area contributed by atoms with Gasteiger partial charge in [0.05, 0.1) is 23.6 Å². The number of pyridine rings is 1. The summed E-state index contributed by atoms with van der Waals surface area (Å²) in [6.45, 7) is 6.11. The molecule has 0 aliphatic rings. The van der Waals surface area contributed by atoms with Gasteiger partial charge in [-0.05, 0) is 44.9 Å². The highest BCUT2D eigenvalue weighted by Gasteiger charge is 2.22. The number of carbonyl (C=O) groups is 1. The number of nitrogens with one attached hydrogen (secondary N) is 1. The fraction of sp³-hybridized carbons (Fsp3) is 0.389. The third-order valence-corrected chi connectivity index (χ3v) is 3.53. The number of halogens is 2. The Kier molecular flexibility index (Phi) is 6.14. The Morgan fingerprint density at radius 3 is 2.78 bits per heavy atom. The van der Waals surface area contributed by atoms with E-state index in [4.69, 9.17) is 10.5 Å². The summed E-state index contributed by atoms with van der Waals surface area (Å²) in [6, 6.07) is 2.79. The molecule has 0 aromatic carbocycles. The lowest BCUT2D eigenvalue weighted by Gasteiger charge is -2.23. The second kappa shape index (κ2) is 8.15. The molecule has 2 rings (SSSR count). The minimum atomic E-state index is -2.85. The maximum absolute atomic E-state index is 13.2. The molecule has 0 fully saturated rings. The van der Waals surface area contributed by atoms with Gasteiger partial charge in [0.2, 0.25) is 0 Å². The van der Waals surface area contributed by atoms with E-state index < -0.39 is 24.3 Å². The molecule has 0 spiro atoms. The lowest BCUT2D eigenvalue weighted by Crippen LogP contribution is -2.34. The van der Waals surface area contributed by atoms with Crippen LogP contribution in [0.4, 0.5) is 19.3 Å². The monoisotopic (exact) mass is 379 g/mol. The summed E-state index contributed by atoms with van der Waals surface area (Å²) in [5, 5.41) is 6.34. The van der Waals surface area contributed by atoms with Crippen molar-refractivity contribution < 1.29 is 18.3 Å². The van der Waals surface area contributed by atoms with Crippen molar-refractivity contribution in [1.82, 2.24) is 20.1 Å². The van der Waals surface area contributed by atoms with E-state index in [0.29, 0.717) is 16.7 Å². The van der Waals surface area contributed by atoms with Gasteiger partial charge >= 0.3 is 12.6 Å². The van der Waals surface area contributed by atoms with Gasteiger partial charge in [-0.15, -0.1) is 6.58 Å². The number of carbonyl (C=O) groups excluding carboxylic acids is 1. The van der Waals surface area contributed by atoms with Gasteiger partial charge in [-0.3, -0.25) is 4.98 Å². The second-order valence-electron chi connectivity index (χ2n) is 6.87. The first-order valence-corrected chi connectivity index (χ1v) is 8.30. The summed E-state index contributed by atoms with van der Waals surface area (Å²) >= 11 is 0. The van der Waals surface area contributed by atoms with Crippen LogP contribution < -0.4 is 11.1 Å². The minimum Gasteiger partial charge on any atom is -0.444 e. The number of aromatic nitrogens is 3. The van der Waals surface area contributed by atoms with E-state index in [9.17, 15) is 13.6 Å². The minimum absolute atomic E-state index is 0.0153. The predicted molar refractivity (Wildman–Crippen MR) is 98.0 cm³/mol. The van der Waals surface area contributed by atoms with Crippen LogP contribution in [0.2, 0.25) is 0 Å². The summed E-state index contributed by atoms with van der Waals surface area (Å²) < 4.78 is 32.1. The van der Waals surface area contributed by atoms with Crippen LogP contribution in [0.3, 0.4) is 0 Å². The number of hydrogen-bond acceptors (Lipinski definition) is 5. The van der Waals surface area contributed by atoms with E-state index in [0.717, 1.165) is 6.20 Å². The van der Waals surface area contributed by atoms with Crippen LogP contribution in [0.1, 0.15) is 45.3 Å². The molecule has 0 saturated heterocycles. The van der Waals surface area contributed by atoms with E-state index in [-0.39, 0.29) is 17.1 Å². The molecular weight excluding hydrogens is 356 g/mol. The zero-order valence-corrected chi connectivity index (χ0v) is 15.4. The van der Waals surface area contributed by atoms with Crippen LogP contribution in [0.5, 0.6) is 0 Å². The van der Waals surface area contributed by atoms with Crippen LogP contribution in [-0.4, -0.2) is 26.5 Å². The van der Waals surface area contributed by atoms with Gasteiger partial charge in [0.15, 0.2) is 0 Å². The lowest BCUT2D eigenvalue weighted by atomic mass is 10.0. The molecule has 2 aromatic rings. The fourth-order valence-corrected chi connectivity index (χ4v) is 2.48. The maximum Gasteiger partial charge on any atom is 0.408 e. The first-order valence-electron chi connectivity index (χ1n) is 8.30. The van der Waals surface area contributed by atoms with Crippen LogP contribution in [0.15, 0.2) is 37.2 Å². The molecule has 2 aromatic heterocycles. The first-order chi connectivity index (χ1) is 12.6. The van der Waals surface area contributed by atoms with Crippen molar-refractivity contribution >= 4 is 11.8 Å². The third kappa shape index (κ3) is 5.25. The Labute approximate surface area is 156 Å². The quantitative estimate of drug-likeness (QED) is 0.738. The average Bonchev–Trinajstić information content (AvgIpc) is 2.95. The van der Waals surface area contributed by atoms with Crippen molar-refractivity contribution in [1.29, 1.82) is 0 Å². The zero-order valence-electron chi connectivity index (χ0n) is 15.4. The molecule has 0 radical (unpaired) electrons. The summed E-state index contributed by atoms with van der Waals surface area (Å²) in [5.74, 6) is 0. The number of anilines is 1. The highest BCUT2D eigenvalue weighted by molar-refractivity contribution is 5.71. The molecule has 1 atom stereocenters. The van der Waals surface area contributed by atoms with Crippen molar-refractivity contribution in [3.8, 4) is 11.4 Å². The second-order valence-corrected chi connectivity index (χ2v) is 6.87. The topological polar surface area (TPSA) is 95.1 Å². The molecule has 2 heterocycles. The van der Waals surface area contributed by atoms with Crippen LogP contribution in [-0.2, 0) is 4.74 Å². The van der Waals surface area contributed by atoms with Crippen molar-refractivity contribution in [2.24, 2.45) is 0 Å². The first kappa shape index (κ1) is 20.3. The number of alkyl halides is 2. The summed E-state index contributed by atoms with van der Waals surface area (Å²) in [7, 11) is 0. The summed E-state index contributed by atoms with van der Waals surface area (Å²) in [6.07, 6.45) is 4.06. The number of ether oxygens (including phenoxy) is 1. The van der Waals surface area contributed by atoms with Gasteiger partial charge in [0, 0.05) is 6.20 Å². The molecule has 0 bridgehead atoms. The van der Waals surface area contributed by atoms with E-state index in [2.05, 4.69) is 22.0 Å². The maximum atomic E-state index is 13.2. The Hall–Kier alpha value is -2.97. The highest BCUT2D eigenvalue weighted by atomic mass is 19.3. The Morgan fingerprint density at radius 1 is 1.48 bits per heavy atom. The summed E-state index contributed by atoms with van der Waals surface area (Å²) in [4.78, 5) is 16.2. The molecule has 0 unspecified atom stereocenters. The average molecular weight is 379 g/mol. The van der Waals surface area contributed by atoms with Gasteiger partial charge in [0.1, 0.15) is 11.3 Å². The molecule has 0 saturated carbocycles. The molecule has 146 valence electrons. The number of amides is 1. The highest BCUT2D eigenvalue weighted by Crippen LogP contribution is 2.30. The van der Waals surface area contributed by atoms with Crippen molar-refractivity contribution in [2.45, 2.75) is 45.4 Å². The SMILES string of the molecule is C=CC[C@H](NC(=O)OC(C)(C)C)c1ccnc(-c2c(N)cnn2C(F)F)c1. The number of nitrogens with zero attached hydrogens (tertiary/aromatic N) is 3. The predicted octanol–water partition coefficient (Wildman–Crippen LogP) is 4.06. The molecule has 0 aliphatic carbocycles. The van der Waals surface area contributed by atoms with Crippen molar-refractivity contribution in [3.05, 3.63) is 42.7 Å². The standard InChI is InChI=1S/C18H23F2N5O2/c1-5-6-13(24-17(26)27-18(2,3)4)11-7-8-22-14(9-11)15-12(21)10-23-25(15)16(19)20/h5,7-10,13,16H,1,6,21H2,2-4H3,(H,24,26)/t13-/m0/s1. The van der Waals surface area contributed by atoms with Crippen LogP contribution in [0.25, 0.3) is 11.4 Å². The Bertz CT molecular complexity index is 814. The molecule has 7 nitrogen and oxygen atoms in total. The van der Waals surface area contributed by atoms with Gasteiger partial charge in [-0.25, -0.2) is 4.79 Å². The zero-order chi connectivity index (χ0) is 20.2. The van der Waals surface area contributed by atoms with E-state index >= 15 is 0 Å². The third-order valence-electron chi connectivity index (χ3n) is 3.53. The lowest BCUT2D eigenvalue weighted by molar-refractivity contribution is 0.0503. The molecule has 1 amide bonds. The normalized spacial score (nSPS) is 12.7. The Morgan fingerprint density at radius 2 is 2.19 bits per heavy atom. The van der Waals surface area contributed by atoms with Gasteiger partial charge in [0.25, 0.3) is 0 Å². The molecular formula is C18H23F2N5O2. The molecule has 27 heavy (non-hydrogen) atoms. The number of alkyl carbamates (subject to hydrolysis) is 1. The van der Waals surface area contributed by atoms with Crippen LogP contribution >= 0.6 is 0 Å². The van der Waals surface area contributed by atoms with Crippen molar-refractivity contribution in [3.63, 3.8) is 0 Å². The molecule has 9 heteroatoms. The van der Waals surface area contributed by atoms with Crippen LogP contribution in [0, 0.1) is 0 Å².